The second kappa shape index (κ2) is 4.71. The second-order valence-corrected chi connectivity index (χ2v) is 5.40. The Balaban J connectivity index is 2.03. The van der Waals surface area contributed by atoms with E-state index in [9.17, 15) is 5.11 Å². The van der Waals surface area contributed by atoms with Crippen molar-refractivity contribution in [1.82, 2.24) is 0 Å². The van der Waals surface area contributed by atoms with E-state index in [0.29, 0.717) is 16.3 Å². The van der Waals surface area contributed by atoms with Gasteiger partial charge in [-0.1, -0.05) is 19.8 Å². The first-order chi connectivity index (χ1) is 7.16. The second-order valence-electron chi connectivity index (χ2n) is 4.62. The highest BCUT2D eigenvalue weighted by Crippen LogP contribution is 2.37. The van der Waals surface area contributed by atoms with E-state index in [2.05, 4.69) is 22.9 Å². The molecule has 3 heteroatoms. The van der Waals surface area contributed by atoms with E-state index < -0.39 is 6.10 Å². The summed E-state index contributed by atoms with van der Waals surface area (Å²) in [6, 6.07) is 3.69. The molecular formula is C12H17BrO2. The predicted molar refractivity (Wildman–Crippen MR) is 62.5 cm³/mol. The fraction of sp³-hybridized carbons (Fsp3) is 0.667. The van der Waals surface area contributed by atoms with Gasteiger partial charge >= 0.3 is 0 Å². The minimum atomic E-state index is -0.431. The Bertz CT molecular complexity index is 321. The summed E-state index contributed by atoms with van der Waals surface area (Å²) in [5.41, 5.74) is 0. The normalized spacial score (nSPS) is 29.0. The summed E-state index contributed by atoms with van der Waals surface area (Å²) in [4.78, 5) is 0. The van der Waals surface area contributed by atoms with Crippen LogP contribution in [0.4, 0.5) is 0 Å². The molecule has 1 fully saturated rings. The quantitative estimate of drug-likeness (QED) is 0.886. The SMILES string of the molecule is CC1CCCC(C(O)c2ccc(Br)o2)C1. The molecule has 2 rings (SSSR count). The Labute approximate surface area is 98.8 Å². The van der Waals surface area contributed by atoms with Crippen LogP contribution in [0.3, 0.4) is 0 Å². The van der Waals surface area contributed by atoms with Crippen LogP contribution in [0.1, 0.15) is 44.5 Å². The Morgan fingerprint density at radius 3 is 2.87 bits per heavy atom. The number of hydrogen-bond donors (Lipinski definition) is 1. The maximum Gasteiger partial charge on any atom is 0.169 e. The van der Waals surface area contributed by atoms with Crippen molar-refractivity contribution in [2.24, 2.45) is 11.8 Å². The van der Waals surface area contributed by atoms with Crippen LogP contribution in [0, 0.1) is 11.8 Å². The molecule has 0 aliphatic heterocycles. The van der Waals surface area contributed by atoms with Gasteiger partial charge in [0.25, 0.3) is 0 Å². The summed E-state index contributed by atoms with van der Waals surface area (Å²) >= 11 is 3.26. The van der Waals surface area contributed by atoms with Gasteiger partial charge in [0, 0.05) is 0 Å². The van der Waals surface area contributed by atoms with E-state index in [4.69, 9.17) is 4.42 Å². The fourth-order valence-electron chi connectivity index (χ4n) is 2.49. The van der Waals surface area contributed by atoms with E-state index in [1.165, 1.54) is 12.8 Å². The lowest BCUT2D eigenvalue weighted by Crippen LogP contribution is -2.19. The molecule has 1 aromatic heterocycles. The largest absolute Gasteiger partial charge is 0.452 e. The summed E-state index contributed by atoms with van der Waals surface area (Å²) in [7, 11) is 0. The number of rotatable bonds is 2. The molecule has 2 nitrogen and oxygen atoms in total. The zero-order valence-electron chi connectivity index (χ0n) is 8.95. The van der Waals surface area contributed by atoms with Gasteiger partial charge in [-0.25, -0.2) is 0 Å². The van der Waals surface area contributed by atoms with E-state index in [-0.39, 0.29) is 0 Å². The summed E-state index contributed by atoms with van der Waals surface area (Å²) in [5.74, 6) is 1.80. The van der Waals surface area contributed by atoms with Gasteiger partial charge in [0.15, 0.2) is 4.67 Å². The van der Waals surface area contributed by atoms with Gasteiger partial charge in [0.05, 0.1) is 0 Å². The lowest BCUT2D eigenvalue weighted by molar-refractivity contribution is 0.0530. The highest BCUT2D eigenvalue weighted by Gasteiger charge is 2.28. The van der Waals surface area contributed by atoms with Crippen LogP contribution >= 0.6 is 15.9 Å². The first kappa shape index (κ1) is 11.2. The van der Waals surface area contributed by atoms with Crippen molar-refractivity contribution >= 4 is 15.9 Å². The molecule has 1 aromatic rings. The Hall–Kier alpha value is -0.280. The van der Waals surface area contributed by atoms with Gasteiger partial charge in [-0.05, 0) is 52.7 Å². The van der Waals surface area contributed by atoms with Crippen molar-refractivity contribution in [2.45, 2.75) is 38.7 Å². The van der Waals surface area contributed by atoms with E-state index in [1.54, 1.807) is 0 Å². The molecule has 15 heavy (non-hydrogen) atoms. The molecule has 0 saturated heterocycles. The van der Waals surface area contributed by atoms with Crippen molar-refractivity contribution in [3.63, 3.8) is 0 Å². The molecule has 1 saturated carbocycles. The molecule has 84 valence electrons. The molecule has 0 amide bonds. The molecule has 3 unspecified atom stereocenters. The highest BCUT2D eigenvalue weighted by molar-refractivity contribution is 9.10. The van der Waals surface area contributed by atoms with Crippen LogP contribution in [0.2, 0.25) is 0 Å². The standard InChI is InChI=1S/C12H17BrO2/c1-8-3-2-4-9(7-8)12(14)10-5-6-11(13)15-10/h5-6,8-9,12,14H,2-4,7H2,1H3. The van der Waals surface area contributed by atoms with Gasteiger partial charge in [-0.15, -0.1) is 0 Å². The van der Waals surface area contributed by atoms with Gasteiger partial charge in [-0.3, -0.25) is 0 Å². The van der Waals surface area contributed by atoms with Crippen molar-refractivity contribution in [3.05, 3.63) is 22.6 Å². The van der Waals surface area contributed by atoms with E-state index in [0.717, 1.165) is 18.8 Å². The minimum absolute atomic E-state index is 0.367. The smallest absolute Gasteiger partial charge is 0.169 e. The Morgan fingerprint density at radius 1 is 1.47 bits per heavy atom. The number of halogens is 1. The molecule has 1 N–H and O–H groups in total. The van der Waals surface area contributed by atoms with Crippen LogP contribution < -0.4 is 0 Å². The Kier molecular flexibility index (Phi) is 3.52. The van der Waals surface area contributed by atoms with Crippen molar-refractivity contribution in [3.8, 4) is 0 Å². The average molecular weight is 273 g/mol. The van der Waals surface area contributed by atoms with E-state index in [1.807, 2.05) is 12.1 Å². The molecule has 1 aliphatic carbocycles. The topological polar surface area (TPSA) is 33.4 Å². The van der Waals surface area contributed by atoms with Crippen LogP contribution in [-0.4, -0.2) is 5.11 Å². The van der Waals surface area contributed by atoms with Gasteiger partial charge < -0.3 is 9.52 Å². The van der Waals surface area contributed by atoms with Crippen molar-refractivity contribution < 1.29 is 9.52 Å². The molecule has 3 atom stereocenters. The average Bonchev–Trinajstić information content (AvgIpc) is 2.64. The first-order valence-corrected chi connectivity index (χ1v) is 6.39. The highest BCUT2D eigenvalue weighted by atomic mass is 79.9. The number of hydrogen-bond acceptors (Lipinski definition) is 2. The van der Waals surface area contributed by atoms with E-state index >= 15 is 0 Å². The zero-order chi connectivity index (χ0) is 10.8. The summed E-state index contributed by atoms with van der Waals surface area (Å²) in [6.07, 6.45) is 4.32. The van der Waals surface area contributed by atoms with Crippen molar-refractivity contribution in [2.75, 3.05) is 0 Å². The summed E-state index contributed by atoms with van der Waals surface area (Å²) < 4.78 is 6.10. The first-order valence-electron chi connectivity index (χ1n) is 5.60. The fourth-order valence-corrected chi connectivity index (χ4v) is 2.81. The van der Waals surface area contributed by atoms with Crippen LogP contribution in [0.5, 0.6) is 0 Å². The van der Waals surface area contributed by atoms with Crippen molar-refractivity contribution in [1.29, 1.82) is 0 Å². The maximum atomic E-state index is 10.2. The number of aliphatic hydroxyl groups is 1. The van der Waals surface area contributed by atoms with Crippen LogP contribution in [0.25, 0.3) is 0 Å². The Morgan fingerprint density at radius 2 is 2.27 bits per heavy atom. The molecular weight excluding hydrogens is 256 g/mol. The molecule has 1 aliphatic rings. The third-order valence-electron chi connectivity index (χ3n) is 3.31. The molecule has 0 radical (unpaired) electrons. The summed E-state index contributed by atoms with van der Waals surface area (Å²) in [5, 5.41) is 10.2. The molecule has 0 bridgehead atoms. The predicted octanol–water partition coefficient (Wildman–Crippen LogP) is 3.90. The van der Waals surface area contributed by atoms with Gasteiger partial charge in [0.1, 0.15) is 11.9 Å². The maximum absolute atomic E-state index is 10.2. The van der Waals surface area contributed by atoms with Gasteiger partial charge in [-0.2, -0.15) is 0 Å². The monoisotopic (exact) mass is 272 g/mol. The van der Waals surface area contributed by atoms with Crippen LogP contribution in [0.15, 0.2) is 21.2 Å². The molecule has 0 aromatic carbocycles. The molecule has 1 heterocycles. The lowest BCUT2D eigenvalue weighted by Gasteiger charge is -2.29. The summed E-state index contributed by atoms with van der Waals surface area (Å²) in [6.45, 7) is 2.26. The minimum Gasteiger partial charge on any atom is -0.452 e. The van der Waals surface area contributed by atoms with Gasteiger partial charge in [0.2, 0.25) is 0 Å². The number of furan rings is 1. The van der Waals surface area contributed by atoms with Crippen LogP contribution in [-0.2, 0) is 0 Å². The third kappa shape index (κ3) is 2.64. The molecule has 0 spiro atoms. The number of aliphatic hydroxyl groups excluding tert-OH is 1. The lowest BCUT2D eigenvalue weighted by atomic mass is 9.79. The third-order valence-corrected chi connectivity index (χ3v) is 3.74. The zero-order valence-corrected chi connectivity index (χ0v) is 10.5.